The highest BCUT2D eigenvalue weighted by atomic mass is 16.6. The van der Waals surface area contributed by atoms with Crippen LogP contribution in [0.2, 0.25) is 0 Å². The maximum atomic E-state index is 12.3. The van der Waals surface area contributed by atoms with E-state index in [2.05, 4.69) is 31.5 Å². The molecule has 1 aliphatic carbocycles. The smallest absolute Gasteiger partial charge is 0.412 e. The molecule has 1 N–H and O–H groups in total. The molecule has 0 radical (unpaired) electrons. The van der Waals surface area contributed by atoms with Gasteiger partial charge in [-0.15, -0.1) is 0 Å². The number of hydrogen-bond donors (Lipinski definition) is 1. The predicted molar refractivity (Wildman–Crippen MR) is 154 cm³/mol. The first-order valence-electron chi connectivity index (χ1n) is 14.3. The Labute approximate surface area is 231 Å². The zero-order valence-electron chi connectivity index (χ0n) is 23.9. The number of amides is 1. The molecular weight excluding hydrogens is 492 g/mol. The Morgan fingerprint density at radius 1 is 1.15 bits per heavy atom. The van der Waals surface area contributed by atoms with Crippen LogP contribution in [0.15, 0.2) is 30.6 Å². The Bertz CT molecular complexity index is 1290. The summed E-state index contributed by atoms with van der Waals surface area (Å²) in [6.45, 7) is 10.6. The van der Waals surface area contributed by atoms with Gasteiger partial charge in [0.05, 0.1) is 29.7 Å². The molecule has 2 aromatic heterocycles. The van der Waals surface area contributed by atoms with Crippen LogP contribution in [0.4, 0.5) is 10.5 Å². The Hall–Kier alpha value is -3.17. The quantitative estimate of drug-likeness (QED) is 0.438. The van der Waals surface area contributed by atoms with Crippen LogP contribution in [0, 0.1) is 6.92 Å². The molecule has 9 nitrogen and oxygen atoms in total. The van der Waals surface area contributed by atoms with Crippen LogP contribution in [0.25, 0.3) is 16.8 Å². The van der Waals surface area contributed by atoms with Gasteiger partial charge in [0.15, 0.2) is 0 Å². The van der Waals surface area contributed by atoms with Gasteiger partial charge in [-0.1, -0.05) is 13.0 Å². The number of aromatic nitrogens is 3. The van der Waals surface area contributed by atoms with Crippen molar-refractivity contribution >= 4 is 17.3 Å². The van der Waals surface area contributed by atoms with Crippen molar-refractivity contribution in [3.05, 3.63) is 42.1 Å². The fraction of sp³-hybridized carbons (Fsp3) is 0.567. The lowest BCUT2D eigenvalue weighted by molar-refractivity contribution is 0.0872. The summed E-state index contributed by atoms with van der Waals surface area (Å²) in [4.78, 5) is 27.3. The third-order valence-electron chi connectivity index (χ3n) is 8.48. The monoisotopic (exact) mass is 534 g/mol. The van der Waals surface area contributed by atoms with E-state index in [9.17, 15) is 4.79 Å². The summed E-state index contributed by atoms with van der Waals surface area (Å²) < 4.78 is 13.3. The largest absolute Gasteiger partial charge is 0.495 e. The number of fused-ring (bicyclic) bond motifs is 1. The van der Waals surface area contributed by atoms with Crippen LogP contribution in [-0.2, 0) is 4.74 Å². The Balaban J connectivity index is 1.39. The first-order valence-corrected chi connectivity index (χ1v) is 14.3. The highest BCUT2D eigenvalue weighted by molar-refractivity contribution is 5.89. The molecule has 0 unspecified atom stereocenters. The van der Waals surface area contributed by atoms with Crippen molar-refractivity contribution in [2.45, 2.75) is 70.9 Å². The maximum absolute atomic E-state index is 12.3. The number of anilines is 1. The minimum Gasteiger partial charge on any atom is -0.495 e. The van der Waals surface area contributed by atoms with Gasteiger partial charge in [-0.2, -0.15) is 0 Å². The molecule has 1 amide bonds. The minimum absolute atomic E-state index is 0.155. The van der Waals surface area contributed by atoms with Crippen LogP contribution < -0.4 is 10.1 Å². The Morgan fingerprint density at radius 2 is 1.90 bits per heavy atom. The molecule has 0 bridgehead atoms. The number of nitrogens with zero attached hydrogens (tertiary/aromatic N) is 5. The first kappa shape index (κ1) is 27.4. The average Bonchev–Trinajstić information content (AvgIpc) is 3.34. The van der Waals surface area contributed by atoms with Crippen molar-refractivity contribution in [1.82, 2.24) is 24.2 Å². The molecule has 39 heavy (non-hydrogen) atoms. The number of imidazole rings is 1. The van der Waals surface area contributed by atoms with E-state index in [0.29, 0.717) is 23.4 Å². The molecule has 1 aliphatic heterocycles. The van der Waals surface area contributed by atoms with Gasteiger partial charge in [0.25, 0.3) is 0 Å². The normalized spacial score (nSPS) is 21.6. The van der Waals surface area contributed by atoms with E-state index in [0.717, 1.165) is 60.6 Å². The third kappa shape index (κ3) is 5.89. The molecule has 9 heteroatoms. The van der Waals surface area contributed by atoms with Crippen molar-refractivity contribution in [2.75, 3.05) is 45.7 Å². The number of methoxy groups -OCH3 is 1. The number of carbonyl (C=O) groups is 1. The molecule has 3 aromatic rings. The lowest BCUT2D eigenvalue weighted by Crippen LogP contribution is -2.49. The molecule has 3 heterocycles. The van der Waals surface area contributed by atoms with Crippen molar-refractivity contribution in [2.24, 2.45) is 0 Å². The van der Waals surface area contributed by atoms with E-state index in [1.54, 1.807) is 7.11 Å². The summed E-state index contributed by atoms with van der Waals surface area (Å²) >= 11 is 0. The number of carbonyl (C=O) groups excluding carboxylic acids is 1. The van der Waals surface area contributed by atoms with Crippen LogP contribution in [-0.4, -0.2) is 82.7 Å². The molecule has 0 spiro atoms. The van der Waals surface area contributed by atoms with E-state index >= 15 is 0 Å². The number of ether oxygens (including phenoxy) is 2. The van der Waals surface area contributed by atoms with E-state index < -0.39 is 6.09 Å². The van der Waals surface area contributed by atoms with Crippen LogP contribution in [0.1, 0.15) is 63.4 Å². The van der Waals surface area contributed by atoms with Gasteiger partial charge >= 0.3 is 6.09 Å². The Morgan fingerprint density at radius 3 is 2.59 bits per heavy atom. The summed E-state index contributed by atoms with van der Waals surface area (Å²) in [6.07, 6.45) is 8.72. The second-order valence-corrected chi connectivity index (χ2v) is 11.1. The molecular formula is C30H42N6O3. The number of aryl methyl sites for hydroxylation is 1. The minimum atomic E-state index is -0.489. The summed E-state index contributed by atoms with van der Waals surface area (Å²) in [6, 6.07) is 6.44. The summed E-state index contributed by atoms with van der Waals surface area (Å²) in [5, 5.41) is 2.81. The molecule has 1 saturated heterocycles. The van der Waals surface area contributed by atoms with Crippen LogP contribution >= 0.6 is 0 Å². The van der Waals surface area contributed by atoms with E-state index in [1.807, 2.05) is 51.4 Å². The number of rotatable bonds is 7. The summed E-state index contributed by atoms with van der Waals surface area (Å²) in [7, 11) is 3.82. The fourth-order valence-corrected chi connectivity index (χ4v) is 5.94. The van der Waals surface area contributed by atoms with Crippen molar-refractivity contribution in [3.63, 3.8) is 0 Å². The van der Waals surface area contributed by atoms with Gasteiger partial charge in [0, 0.05) is 56.1 Å². The van der Waals surface area contributed by atoms with Gasteiger partial charge in [-0.25, -0.2) is 9.78 Å². The second-order valence-electron chi connectivity index (χ2n) is 11.1. The summed E-state index contributed by atoms with van der Waals surface area (Å²) in [5.74, 6) is 2.08. The van der Waals surface area contributed by atoms with Crippen molar-refractivity contribution in [1.29, 1.82) is 0 Å². The second kappa shape index (κ2) is 11.9. The predicted octanol–water partition coefficient (Wildman–Crippen LogP) is 5.33. The Kier molecular flexibility index (Phi) is 8.37. The van der Waals surface area contributed by atoms with Gasteiger partial charge in [0.1, 0.15) is 17.7 Å². The number of hydrogen-bond acceptors (Lipinski definition) is 7. The highest BCUT2D eigenvalue weighted by Crippen LogP contribution is 2.39. The summed E-state index contributed by atoms with van der Waals surface area (Å²) in [5.41, 5.74) is 4.35. The molecule has 2 aliphatic rings. The van der Waals surface area contributed by atoms with Crippen LogP contribution in [0.3, 0.4) is 0 Å². The van der Waals surface area contributed by atoms with E-state index in [4.69, 9.17) is 14.5 Å². The maximum Gasteiger partial charge on any atom is 0.412 e. The fourth-order valence-electron chi connectivity index (χ4n) is 5.94. The lowest BCUT2D eigenvalue weighted by Gasteiger charge is -2.41. The number of likely N-dealkylation sites (N-methyl/N-ethyl adjacent to an activating group) is 1. The lowest BCUT2D eigenvalue weighted by atomic mass is 9.84. The number of piperazine rings is 1. The average molecular weight is 535 g/mol. The molecule has 1 saturated carbocycles. The molecule has 1 aromatic carbocycles. The van der Waals surface area contributed by atoms with E-state index in [-0.39, 0.29) is 6.10 Å². The molecule has 1 atom stereocenters. The van der Waals surface area contributed by atoms with Crippen molar-refractivity contribution in [3.8, 4) is 17.0 Å². The standard InChI is InChI=1S/C30H42N6O3/c1-6-20(2)39-30(37)32-25-12-9-23(19-26(25)38-5)27-28-21(3)31-13-14-36(28)29(33-27)22-7-10-24(11-8-22)35-17-15-34(4)16-18-35/h9,12-14,19-20,22,24H,6-8,10-11,15-18H2,1-5H3,(H,32,37)/t20-,22-,24-/m0/s1. The molecule has 2 fully saturated rings. The zero-order valence-corrected chi connectivity index (χ0v) is 23.9. The van der Waals surface area contributed by atoms with E-state index in [1.165, 1.54) is 25.9 Å². The first-order chi connectivity index (χ1) is 18.9. The van der Waals surface area contributed by atoms with Crippen LogP contribution in [0.5, 0.6) is 5.75 Å². The molecule has 5 rings (SSSR count). The van der Waals surface area contributed by atoms with Gasteiger partial charge < -0.3 is 14.4 Å². The van der Waals surface area contributed by atoms with Crippen molar-refractivity contribution < 1.29 is 14.3 Å². The third-order valence-corrected chi connectivity index (χ3v) is 8.48. The molecule has 210 valence electrons. The SMILES string of the molecule is CC[C@H](C)OC(=O)Nc1ccc(-c2nc([C@H]3CC[C@H](N4CCN(C)CC4)CC3)n3ccnc(C)c23)cc1OC. The number of benzene rings is 1. The van der Waals surface area contributed by atoms with Gasteiger partial charge in [-0.05, 0) is 65.1 Å². The van der Waals surface area contributed by atoms with Gasteiger partial charge in [0.2, 0.25) is 0 Å². The zero-order chi connectivity index (χ0) is 27.5. The van der Waals surface area contributed by atoms with Gasteiger partial charge in [-0.3, -0.25) is 19.6 Å². The number of nitrogens with one attached hydrogen (secondary N) is 1. The topological polar surface area (TPSA) is 84.2 Å². The highest BCUT2D eigenvalue weighted by Gasteiger charge is 2.31.